The molecule has 3 nitrogen and oxygen atoms in total. The van der Waals surface area contributed by atoms with Crippen LogP contribution < -0.4 is 0 Å². The summed E-state index contributed by atoms with van der Waals surface area (Å²) in [5, 5.41) is 0. The molecule has 1 unspecified atom stereocenters. The molecule has 0 fully saturated rings. The fourth-order valence-electron chi connectivity index (χ4n) is 1.18. The summed E-state index contributed by atoms with van der Waals surface area (Å²) in [6.45, 7) is 2.08. The molecule has 15 heavy (non-hydrogen) atoms. The van der Waals surface area contributed by atoms with E-state index >= 15 is 0 Å². The normalized spacial score (nSPS) is 11.3. The first-order valence-corrected chi connectivity index (χ1v) is 4.65. The molecule has 0 aromatic heterocycles. The fourth-order valence-corrected chi connectivity index (χ4v) is 1.18. The van der Waals surface area contributed by atoms with Crippen molar-refractivity contribution in [2.24, 2.45) is 0 Å². The number of rotatable bonds is 4. The number of carbonyl (C=O) groups is 1. The Hall–Kier alpha value is -0.766. The second kappa shape index (κ2) is 7.52. The summed E-state index contributed by atoms with van der Waals surface area (Å²) in [5.74, 6) is -0.448. The Morgan fingerprint density at radius 1 is 1.40 bits per heavy atom. The maximum Gasteiger partial charge on any atom is 0.288 e. The first-order valence-electron chi connectivity index (χ1n) is 4.65. The third-order valence-electron chi connectivity index (χ3n) is 1.85. The molecule has 0 saturated heterocycles. The van der Waals surface area contributed by atoms with E-state index in [1.165, 1.54) is 0 Å². The summed E-state index contributed by atoms with van der Waals surface area (Å²) >= 11 is 0. The number of nitrogens with one attached hydrogen (secondary N) is 1. The number of ether oxygens (including phenoxy) is 1. The molecule has 0 aliphatic heterocycles. The number of carbonyl (C=O) groups excluding carboxylic acids is 1. The molecule has 0 aliphatic carbocycles. The molecule has 1 atom stereocenters. The van der Waals surface area contributed by atoms with Gasteiger partial charge in [-0.2, -0.15) is 0 Å². The molecular weight excluding hydrogens is 229 g/mol. The zero-order valence-electron chi connectivity index (χ0n) is 8.64. The van der Waals surface area contributed by atoms with E-state index in [2.05, 4.69) is 0 Å². The Morgan fingerprint density at radius 3 is 2.53 bits per heavy atom. The van der Waals surface area contributed by atoms with E-state index in [-0.39, 0.29) is 18.6 Å². The summed E-state index contributed by atoms with van der Waals surface area (Å²) in [7, 11) is 0. The summed E-state index contributed by atoms with van der Waals surface area (Å²) in [4.78, 5) is 11.1. The molecular formula is C11H14NO2V-. The minimum Gasteiger partial charge on any atom is -0.665 e. The molecule has 0 heterocycles. The van der Waals surface area contributed by atoms with Crippen molar-refractivity contribution in [2.45, 2.75) is 19.4 Å². The van der Waals surface area contributed by atoms with E-state index < -0.39 is 12.0 Å². The molecule has 0 aliphatic rings. The second-order valence-corrected chi connectivity index (χ2v) is 2.99. The van der Waals surface area contributed by atoms with E-state index in [1.807, 2.05) is 30.3 Å². The smallest absolute Gasteiger partial charge is 0.288 e. The van der Waals surface area contributed by atoms with Crippen LogP contribution in [0.15, 0.2) is 30.3 Å². The summed E-state index contributed by atoms with van der Waals surface area (Å²) in [6, 6.07) is 8.70. The fraction of sp³-hybridized carbons (Fsp3) is 0.364. The van der Waals surface area contributed by atoms with Crippen LogP contribution in [-0.2, 0) is 34.5 Å². The van der Waals surface area contributed by atoms with Gasteiger partial charge < -0.3 is 10.5 Å². The zero-order valence-corrected chi connectivity index (χ0v) is 10.0. The molecule has 1 radical (unpaired) electrons. The largest absolute Gasteiger partial charge is 0.665 e. The van der Waals surface area contributed by atoms with Gasteiger partial charge in [-0.25, -0.2) is 0 Å². The van der Waals surface area contributed by atoms with Gasteiger partial charge in [0.2, 0.25) is 0 Å². The maximum absolute atomic E-state index is 11.1. The van der Waals surface area contributed by atoms with Crippen LogP contribution in [0, 0.1) is 0 Å². The number of hydrogen-bond donors (Lipinski definition) is 0. The van der Waals surface area contributed by atoms with Crippen LogP contribution in [-0.4, -0.2) is 18.6 Å². The third kappa shape index (κ3) is 5.02. The van der Waals surface area contributed by atoms with Crippen molar-refractivity contribution in [1.82, 2.24) is 0 Å². The first-order chi connectivity index (χ1) is 6.74. The van der Waals surface area contributed by atoms with E-state index in [9.17, 15) is 4.79 Å². The van der Waals surface area contributed by atoms with Crippen LogP contribution in [0.1, 0.15) is 12.5 Å². The standard InChI is InChI=1S/C11H14NO2.V/c1-2-14-11(13)10(12)8-9-6-4-3-5-7-9;/h3-7,10,12H,2,8H2,1H3;/q-1;. The quantitative estimate of drug-likeness (QED) is 0.761. The molecule has 0 spiro atoms. The van der Waals surface area contributed by atoms with Crippen molar-refractivity contribution < 1.29 is 28.1 Å². The van der Waals surface area contributed by atoms with Gasteiger partial charge >= 0.3 is 0 Å². The third-order valence-corrected chi connectivity index (χ3v) is 1.85. The predicted octanol–water partition coefficient (Wildman–Crippen LogP) is 2.21. The average Bonchev–Trinajstić information content (AvgIpc) is 2.19. The van der Waals surface area contributed by atoms with Gasteiger partial charge in [-0.15, -0.1) is 0 Å². The molecule has 1 rings (SSSR count). The molecule has 1 aromatic rings. The van der Waals surface area contributed by atoms with Crippen molar-refractivity contribution in [3.05, 3.63) is 41.6 Å². The predicted molar refractivity (Wildman–Crippen MR) is 54.9 cm³/mol. The summed E-state index contributed by atoms with van der Waals surface area (Å²) < 4.78 is 4.75. The van der Waals surface area contributed by atoms with Gasteiger partial charge in [0.15, 0.2) is 0 Å². The van der Waals surface area contributed by atoms with Crippen molar-refractivity contribution in [2.75, 3.05) is 6.61 Å². The minimum atomic E-state index is -0.808. The monoisotopic (exact) mass is 243 g/mol. The van der Waals surface area contributed by atoms with Crippen molar-refractivity contribution in [1.29, 1.82) is 0 Å². The van der Waals surface area contributed by atoms with Gasteiger partial charge in [-0.1, -0.05) is 30.3 Å². The Kier molecular flexibility index (Phi) is 7.13. The molecule has 0 bridgehead atoms. The van der Waals surface area contributed by atoms with Gasteiger partial charge in [0, 0.05) is 18.6 Å². The Morgan fingerprint density at radius 2 is 2.00 bits per heavy atom. The van der Waals surface area contributed by atoms with Crippen LogP contribution in [0.25, 0.3) is 5.73 Å². The summed E-state index contributed by atoms with van der Waals surface area (Å²) in [6.07, 6.45) is 0.416. The van der Waals surface area contributed by atoms with Crippen molar-refractivity contribution in [3.8, 4) is 0 Å². The molecule has 0 saturated carbocycles. The molecule has 4 heteroatoms. The zero-order chi connectivity index (χ0) is 10.4. The summed E-state index contributed by atoms with van der Waals surface area (Å²) in [5.41, 5.74) is 8.53. The van der Waals surface area contributed by atoms with Crippen LogP contribution in [0.5, 0.6) is 0 Å². The maximum atomic E-state index is 11.1. The van der Waals surface area contributed by atoms with Gasteiger partial charge in [-0.05, 0) is 24.9 Å². The van der Waals surface area contributed by atoms with Crippen LogP contribution in [0.3, 0.4) is 0 Å². The number of benzene rings is 1. The Labute approximate surface area is 102 Å². The van der Waals surface area contributed by atoms with Gasteiger partial charge in [0.25, 0.3) is 5.97 Å². The van der Waals surface area contributed by atoms with Crippen LogP contribution in [0.4, 0.5) is 0 Å². The molecule has 1 N–H and O–H groups in total. The molecule has 0 amide bonds. The molecule has 1 aromatic carbocycles. The van der Waals surface area contributed by atoms with Crippen molar-refractivity contribution in [3.63, 3.8) is 0 Å². The SMILES string of the molecule is CCOC(=O)C([NH-])Cc1ccccc1.[V]. The van der Waals surface area contributed by atoms with E-state index in [1.54, 1.807) is 6.92 Å². The van der Waals surface area contributed by atoms with Crippen molar-refractivity contribution >= 4 is 5.97 Å². The minimum absolute atomic E-state index is 0. The average molecular weight is 243 g/mol. The molecule has 81 valence electrons. The van der Waals surface area contributed by atoms with Gasteiger partial charge in [0.05, 0.1) is 6.61 Å². The van der Waals surface area contributed by atoms with Crippen LogP contribution in [0.2, 0.25) is 0 Å². The van der Waals surface area contributed by atoms with Gasteiger partial charge in [-0.3, -0.25) is 4.79 Å². The number of hydrogen-bond acceptors (Lipinski definition) is 2. The first kappa shape index (κ1) is 14.2. The Balaban J connectivity index is 0.00000196. The Bertz CT molecular complexity index is 290. The van der Waals surface area contributed by atoms with Gasteiger partial charge in [0.1, 0.15) is 0 Å². The topological polar surface area (TPSA) is 50.1 Å². The number of esters is 1. The second-order valence-electron chi connectivity index (χ2n) is 2.99. The van der Waals surface area contributed by atoms with E-state index in [0.29, 0.717) is 13.0 Å². The van der Waals surface area contributed by atoms with E-state index in [0.717, 1.165) is 5.56 Å². The van der Waals surface area contributed by atoms with Crippen LogP contribution >= 0.6 is 0 Å². The van der Waals surface area contributed by atoms with E-state index in [4.69, 9.17) is 10.5 Å².